The van der Waals surface area contributed by atoms with Gasteiger partial charge in [0.25, 0.3) is 0 Å². The number of benzene rings is 1. The van der Waals surface area contributed by atoms with Gasteiger partial charge in [0.05, 0.1) is 12.7 Å². The van der Waals surface area contributed by atoms with Gasteiger partial charge in [-0.15, -0.1) is 0 Å². The lowest BCUT2D eigenvalue weighted by molar-refractivity contribution is 0.0850. The van der Waals surface area contributed by atoms with Gasteiger partial charge < -0.3 is 36.8 Å². The van der Waals surface area contributed by atoms with Gasteiger partial charge in [0.15, 0.2) is 28.5 Å². The Morgan fingerprint density at radius 2 is 1.79 bits per heavy atom. The van der Waals surface area contributed by atoms with E-state index in [1.165, 1.54) is 31.2 Å². The van der Waals surface area contributed by atoms with Gasteiger partial charge in [-0.05, 0) is 75.7 Å². The molecule has 0 amide bonds. The number of aliphatic hydroxyl groups excluding tert-OH is 3. The summed E-state index contributed by atoms with van der Waals surface area (Å²) in [5.74, 6) is -0.174. The van der Waals surface area contributed by atoms with Gasteiger partial charge in [-0.3, -0.25) is 10.3 Å². The van der Waals surface area contributed by atoms with E-state index in [2.05, 4.69) is 44.3 Å². The van der Waals surface area contributed by atoms with Gasteiger partial charge in [-0.25, -0.2) is 9.98 Å². The van der Waals surface area contributed by atoms with Crippen LogP contribution in [0.15, 0.2) is 50.8 Å². The number of hydrogen-bond acceptors (Lipinski definition) is 9. The Kier molecular flexibility index (Phi) is 17.3. The number of nitrogens with zero attached hydrogens (tertiary/aromatic N) is 4. The number of aryl methyl sites for hydroxylation is 1. The van der Waals surface area contributed by atoms with Crippen LogP contribution in [0.1, 0.15) is 70.3 Å². The molecule has 0 radical (unpaired) electrons. The minimum Gasteiger partial charge on any atom is -0.492 e. The van der Waals surface area contributed by atoms with Crippen molar-refractivity contribution in [1.82, 2.24) is 10.2 Å². The number of hydrogen-bond donors (Lipinski definition) is 7. The zero-order valence-corrected chi connectivity index (χ0v) is 26.0. The molecule has 1 aliphatic heterocycles. The summed E-state index contributed by atoms with van der Waals surface area (Å²) < 4.78 is 6.03. The number of rotatable bonds is 21. The highest BCUT2D eigenvalue weighted by atomic mass is 35.5. The Balaban J connectivity index is 1.69. The predicted octanol–water partition coefficient (Wildman–Crippen LogP) is 3.41. The van der Waals surface area contributed by atoms with E-state index in [1.54, 1.807) is 0 Å². The standard InChI is InChI=1S/C30H49ClN8O4/c1-2-3-4-8-17-39(18-9-6-11-23(41)21-40)19-20-43-24-14-12-22(13-15-24)10-5-7-16-35-30(34)38-29(42)25-27(32)37-28(33)26(31)36-25/h12-15,23,40-42H,2-11,16-21H2,1H3,(H3,32,33,37)(H3,34,35,38)/b29-25-/t23-/m0/s1. The summed E-state index contributed by atoms with van der Waals surface area (Å²) in [5, 5.41) is 39.2. The van der Waals surface area contributed by atoms with E-state index in [4.69, 9.17) is 38.3 Å². The molecule has 1 heterocycles. The maximum absolute atomic E-state index is 10.1. The first-order valence-corrected chi connectivity index (χ1v) is 15.5. The first-order chi connectivity index (χ1) is 20.7. The first-order valence-electron chi connectivity index (χ1n) is 15.1. The van der Waals surface area contributed by atoms with Crippen LogP contribution in [0.2, 0.25) is 0 Å². The molecule has 13 heteroatoms. The summed E-state index contributed by atoms with van der Waals surface area (Å²) in [6, 6.07) is 8.17. The van der Waals surface area contributed by atoms with Crippen molar-refractivity contribution in [1.29, 1.82) is 5.41 Å². The van der Waals surface area contributed by atoms with Crippen LogP contribution in [-0.2, 0) is 6.42 Å². The van der Waals surface area contributed by atoms with Crippen LogP contribution >= 0.6 is 11.6 Å². The number of halogens is 1. The molecular formula is C30H49ClN8O4. The fourth-order valence-corrected chi connectivity index (χ4v) is 4.54. The van der Waals surface area contributed by atoms with Crippen molar-refractivity contribution in [3.05, 3.63) is 41.4 Å². The second kappa shape index (κ2) is 20.7. The molecule has 0 aliphatic carbocycles. The first kappa shape index (κ1) is 36.0. The van der Waals surface area contributed by atoms with E-state index in [1.807, 2.05) is 12.1 Å². The molecule has 43 heavy (non-hydrogen) atoms. The lowest BCUT2D eigenvalue weighted by atomic mass is 10.1. The second-order valence-corrected chi connectivity index (χ2v) is 10.9. The van der Waals surface area contributed by atoms with Crippen LogP contribution in [0.4, 0.5) is 0 Å². The molecule has 0 aromatic heterocycles. The number of nitrogens with two attached hydrogens (primary N) is 2. The highest BCUT2D eigenvalue weighted by Gasteiger charge is 2.19. The summed E-state index contributed by atoms with van der Waals surface area (Å²) in [7, 11) is 0. The molecule has 2 rings (SSSR count). The quantitative estimate of drug-likeness (QED) is 0.0469. The third kappa shape index (κ3) is 14.7. The largest absolute Gasteiger partial charge is 0.492 e. The lowest BCUT2D eigenvalue weighted by Crippen LogP contribution is -2.32. The smallest absolute Gasteiger partial charge is 0.244 e. The molecule has 12 nitrogen and oxygen atoms in total. The van der Waals surface area contributed by atoms with Crippen LogP contribution < -0.4 is 21.5 Å². The zero-order chi connectivity index (χ0) is 31.5. The molecule has 0 fully saturated rings. The van der Waals surface area contributed by atoms with Gasteiger partial charge in [-0.2, -0.15) is 4.99 Å². The van der Waals surface area contributed by atoms with Crippen molar-refractivity contribution in [3.8, 4) is 5.75 Å². The van der Waals surface area contributed by atoms with Gasteiger partial charge in [0.2, 0.25) is 5.88 Å². The third-order valence-electron chi connectivity index (χ3n) is 6.91. The van der Waals surface area contributed by atoms with E-state index in [0.717, 1.165) is 57.5 Å². The van der Waals surface area contributed by atoms with Gasteiger partial charge in [-0.1, -0.05) is 49.9 Å². The molecular weight excluding hydrogens is 572 g/mol. The summed E-state index contributed by atoms with van der Waals surface area (Å²) in [5.41, 5.74) is 12.3. The Labute approximate surface area is 260 Å². The second-order valence-electron chi connectivity index (χ2n) is 10.5. The van der Waals surface area contributed by atoms with Gasteiger partial charge >= 0.3 is 0 Å². The van der Waals surface area contributed by atoms with Crippen LogP contribution in [0.5, 0.6) is 5.75 Å². The molecule has 0 saturated carbocycles. The number of guanidine groups is 1. The van der Waals surface area contributed by atoms with E-state index in [9.17, 15) is 10.2 Å². The van der Waals surface area contributed by atoms with Gasteiger partial charge in [0.1, 0.15) is 12.4 Å². The maximum Gasteiger partial charge on any atom is 0.244 e. The van der Waals surface area contributed by atoms with Crippen LogP contribution in [0.25, 0.3) is 0 Å². The summed E-state index contributed by atoms with van der Waals surface area (Å²) in [4.78, 5) is 13.8. The Morgan fingerprint density at radius 1 is 1.07 bits per heavy atom. The van der Waals surface area contributed by atoms with Crippen molar-refractivity contribution < 1.29 is 20.1 Å². The molecule has 1 aromatic rings. The van der Waals surface area contributed by atoms with Gasteiger partial charge in [0, 0.05) is 13.1 Å². The SMILES string of the molecule is CCCCCCN(CCCC[C@H](O)CO)CCOc1ccc(CCCCN/C(N)=N/C(O)=C2/N=C(Cl)C(N)=NC2=N)cc1. The van der Waals surface area contributed by atoms with Crippen LogP contribution in [0, 0.1) is 5.41 Å². The van der Waals surface area contributed by atoms with Crippen molar-refractivity contribution in [2.75, 3.05) is 39.4 Å². The van der Waals surface area contributed by atoms with E-state index >= 15 is 0 Å². The van der Waals surface area contributed by atoms with Crippen molar-refractivity contribution in [3.63, 3.8) is 0 Å². The van der Waals surface area contributed by atoms with Crippen LogP contribution in [-0.4, -0.2) is 88.5 Å². The average molecular weight is 621 g/mol. The molecule has 0 saturated heterocycles. The Bertz CT molecular complexity index is 1110. The van der Waals surface area contributed by atoms with Crippen molar-refractivity contribution in [2.24, 2.45) is 26.4 Å². The normalized spacial score (nSPS) is 15.7. The topological polar surface area (TPSA) is 198 Å². The highest BCUT2D eigenvalue weighted by molar-refractivity contribution is 6.84. The predicted molar refractivity (Wildman–Crippen MR) is 174 cm³/mol. The van der Waals surface area contributed by atoms with E-state index in [-0.39, 0.29) is 35.1 Å². The fourth-order valence-electron chi connectivity index (χ4n) is 4.41. The minimum absolute atomic E-state index is 0.00632. The zero-order valence-electron chi connectivity index (χ0n) is 25.3. The number of amidine groups is 2. The van der Waals surface area contributed by atoms with Crippen LogP contribution in [0.3, 0.4) is 0 Å². The molecule has 0 bridgehead atoms. The van der Waals surface area contributed by atoms with Crippen molar-refractivity contribution >= 4 is 34.4 Å². The molecule has 0 spiro atoms. The monoisotopic (exact) mass is 620 g/mol. The highest BCUT2D eigenvalue weighted by Crippen LogP contribution is 2.15. The Hall–Kier alpha value is -3.19. The third-order valence-corrected chi connectivity index (χ3v) is 7.19. The molecule has 0 unspecified atom stereocenters. The molecule has 1 aliphatic rings. The summed E-state index contributed by atoms with van der Waals surface area (Å²) in [6.45, 7) is 6.10. The summed E-state index contributed by atoms with van der Waals surface area (Å²) >= 11 is 5.81. The molecule has 240 valence electrons. The van der Waals surface area contributed by atoms with E-state index < -0.39 is 12.0 Å². The summed E-state index contributed by atoms with van der Waals surface area (Å²) in [6.07, 6.45) is 9.46. The molecule has 1 aromatic carbocycles. The minimum atomic E-state index is -0.615. The lowest BCUT2D eigenvalue weighted by Gasteiger charge is -2.22. The number of nitrogens with one attached hydrogen (secondary N) is 2. The molecule has 1 atom stereocenters. The average Bonchev–Trinajstić information content (AvgIpc) is 2.99. The molecule has 9 N–H and O–H groups in total. The Morgan fingerprint density at radius 3 is 2.49 bits per heavy atom. The van der Waals surface area contributed by atoms with Crippen molar-refractivity contribution in [2.45, 2.75) is 77.2 Å². The number of aliphatic imine (C=N–C) groups is 3. The number of unbranched alkanes of at least 4 members (excludes halogenated alkanes) is 5. The number of aliphatic hydroxyl groups is 3. The fraction of sp³-hybridized carbons (Fsp3) is 0.600. The van der Waals surface area contributed by atoms with E-state index in [0.29, 0.717) is 19.6 Å². The maximum atomic E-state index is 10.1. The number of ether oxygens (including phenoxy) is 1.